The summed E-state index contributed by atoms with van der Waals surface area (Å²) in [7, 11) is 0. The van der Waals surface area contributed by atoms with E-state index in [4.69, 9.17) is 0 Å². The number of likely N-dealkylation sites (tertiary alicyclic amines) is 1. The molecule has 4 heteroatoms. The van der Waals surface area contributed by atoms with Crippen molar-refractivity contribution in [2.75, 3.05) is 13.1 Å². The van der Waals surface area contributed by atoms with E-state index in [1.165, 1.54) is 31.4 Å². The Labute approximate surface area is 130 Å². The number of rotatable bonds is 5. The summed E-state index contributed by atoms with van der Waals surface area (Å²) in [5.41, 5.74) is 0.686. The lowest BCUT2D eigenvalue weighted by atomic mass is 9.82. The van der Waals surface area contributed by atoms with Crippen LogP contribution in [0.3, 0.4) is 0 Å². The molecule has 1 saturated carbocycles. The summed E-state index contributed by atoms with van der Waals surface area (Å²) >= 11 is 0. The van der Waals surface area contributed by atoms with Crippen molar-refractivity contribution in [3.63, 3.8) is 0 Å². The Morgan fingerprint density at radius 2 is 1.82 bits per heavy atom. The Morgan fingerprint density at radius 1 is 1.09 bits per heavy atom. The first-order valence-corrected chi connectivity index (χ1v) is 8.33. The molecule has 2 fully saturated rings. The Bertz CT molecular complexity index is 522. The van der Waals surface area contributed by atoms with Crippen LogP contribution in [0.4, 0.5) is 8.78 Å². The molecule has 1 atom stereocenters. The van der Waals surface area contributed by atoms with E-state index in [-0.39, 0.29) is 5.91 Å². The van der Waals surface area contributed by atoms with E-state index in [9.17, 15) is 13.6 Å². The van der Waals surface area contributed by atoms with Gasteiger partial charge in [0.1, 0.15) is 11.6 Å². The van der Waals surface area contributed by atoms with E-state index in [0.29, 0.717) is 24.3 Å². The van der Waals surface area contributed by atoms with Gasteiger partial charge in [-0.2, -0.15) is 0 Å². The minimum atomic E-state index is -0.526. The Balaban J connectivity index is 1.47. The third-order valence-electron chi connectivity index (χ3n) is 5.08. The number of amides is 1. The van der Waals surface area contributed by atoms with Crippen molar-refractivity contribution < 1.29 is 13.6 Å². The van der Waals surface area contributed by atoms with Crippen LogP contribution in [0.15, 0.2) is 18.2 Å². The smallest absolute Gasteiger partial charge is 0.222 e. The lowest BCUT2D eigenvalue weighted by Crippen LogP contribution is -2.29. The minimum Gasteiger partial charge on any atom is -0.342 e. The van der Waals surface area contributed by atoms with Crippen LogP contribution in [-0.2, 0) is 11.2 Å². The SMILES string of the molecule is O=C(CCC1CCC1)N1CCC(Cc2cc(F)cc(F)c2)C1. The molecule has 1 aliphatic heterocycles. The second-order valence-corrected chi connectivity index (χ2v) is 6.81. The van der Waals surface area contributed by atoms with Crippen LogP contribution < -0.4 is 0 Å². The summed E-state index contributed by atoms with van der Waals surface area (Å²) in [4.78, 5) is 14.1. The molecule has 3 rings (SSSR count). The van der Waals surface area contributed by atoms with E-state index in [1.807, 2.05) is 4.90 Å². The van der Waals surface area contributed by atoms with Gasteiger partial charge in [0.05, 0.1) is 0 Å². The van der Waals surface area contributed by atoms with Gasteiger partial charge in [-0.05, 0) is 48.8 Å². The van der Waals surface area contributed by atoms with Crippen molar-refractivity contribution >= 4 is 5.91 Å². The van der Waals surface area contributed by atoms with Gasteiger partial charge in [-0.1, -0.05) is 19.3 Å². The van der Waals surface area contributed by atoms with Gasteiger partial charge < -0.3 is 4.90 Å². The van der Waals surface area contributed by atoms with Crippen LogP contribution in [-0.4, -0.2) is 23.9 Å². The van der Waals surface area contributed by atoms with E-state index < -0.39 is 11.6 Å². The average molecular weight is 307 g/mol. The van der Waals surface area contributed by atoms with Crippen molar-refractivity contribution in [2.45, 2.75) is 44.9 Å². The van der Waals surface area contributed by atoms with Gasteiger partial charge in [0.2, 0.25) is 5.91 Å². The molecule has 1 unspecified atom stereocenters. The van der Waals surface area contributed by atoms with Crippen LogP contribution in [0.2, 0.25) is 0 Å². The zero-order valence-corrected chi connectivity index (χ0v) is 12.9. The molecule has 0 radical (unpaired) electrons. The van der Waals surface area contributed by atoms with Gasteiger partial charge in [-0.3, -0.25) is 4.79 Å². The lowest BCUT2D eigenvalue weighted by molar-refractivity contribution is -0.130. The van der Waals surface area contributed by atoms with Gasteiger partial charge in [-0.25, -0.2) is 8.78 Å². The molecule has 0 spiro atoms. The summed E-state index contributed by atoms with van der Waals surface area (Å²) in [5, 5.41) is 0. The van der Waals surface area contributed by atoms with Gasteiger partial charge >= 0.3 is 0 Å². The van der Waals surface area contributed by atoms with E-state index >= 15 is 0 Å². The molecule has 22 heavy (non-hydrogen) atoms. The van der Waals surface area contributed by atoms with Crippen LogP contribution in [0.1, 0.15) is 44.1 Å². The minimum absolute atomic E-state index is 0.250. The van der Waals surface area contributed by atoms with E-state index in [1.54, 1.807) is 0 Å². The topological polar surface area (TPSA) is 20.3 Å². The molecule has 1 amide bonds. The molecule has 1 heterocycles. The molecule has 1 aliphatic carbocycles. The number of carbonyl (C=O) groups excluding carboxylic acids is 1. The first-order valence-electron chi connectivity index (χ1n) is 8.33. The van der Waals surface area contributed by atoms with Crippen molar-refractivity contribution in [3.05, 3.63) is 35.4 Å². The van der Waals surface area contributed by atoms with Gasteiger partial charge in [0, 0.05) is 25.6 Å². The molecule has 0 N–H and O–H groups in total. The molecule has 2 aliphatic rings. The first kappa shape index (κ1) is 15.4. The molecular formula is C18H23F2NO. The molecule has 0 bridgehead atoms. The predicted octanol–water partition coefficient (Wildman–Crippen LogP) is 3.94. The maximum Gasteiger partial charge on any atom is 0.222 e. The largest absolute Gasteiger partial charge is 0.342 e. The third kappa shape index (κ3) is 3.84. The van der Waals surface area contributed by atoms with Crippen molar-refractivity contribution in [1.29, 1.82) is 0 Å². The second kappa shape index (κ2) is 6.76. The fourth-order valence-electron chi connectivity index (χ4n) is 3.56. The highest BCUT2D eigenvalue weighted by molar-refractivity contribution is 5.76. The number of benzene rings is 1. The zero-order valence-electron chi connectivity index (χ0n) is 12.9. The maximum absolute atomic E-state index is 13.2. The molecule has 120 valence electrons. The molecule has 1 aromatic carbocycles. The third-order valence-corrected chi connectivity index (χ3v) is 5.08. The summed E-state index contributed by atoms with van der Waals surface area (Å²) in [5.74, 6) is 0.272. The van der Waals surface area contributed by atoms with Gasteiger partial charge in [0.15, 0.2) is 0 Å². The lowest BCUT2D eigenvalue weighted by Gasteiger charge is -2.26. The number of nitrogens with zero attached hydrogens (tertiary/aromatic N) is 1. The number of halogens is 2. The van der Waals surface area contributed by atoms with E-state index in [0.717, 1.165) is 37.9 Å². The van der Waals surface area contributed by atoms with Crippen molar-refractivity contribution in [1.82, 2.24) is 4.90 Å². The summed E-state index contributed by atoms with van der Waals surface area (Å²) < 4.78 is 26.4. The van der Waals surface area contributed by atoms with Crippen LogP contribution in [0.25, 0.3) is 0 Å². The zero-order chi connectivity index (χ0) is 15.5. The van der Waals surface area contributed by atoms with Gasteiger partial charge in [0.25, 0.3) is 0 Å². The molecule has 1 aromatic rings. The molecular weight excluding hydrogens is 284 g/mol. The van der Waals surface area contributed by atoms with Crippen LogP contribution >= 0.6 is 0 Å². The van der Waals surface area contributed by atoms with Crippen molar-refractivity contribution in [2.24, 2.45) is 11.8 Å². The quantitative estimate of drug-likeness (QED) is 0.807. The first-order chi connectivity index (χ1) is 10.6. The second-order valence-electron chi connectivity index (χ2n) is 6.81. The average Bonchev–Trinajstić information content (AvgIpc) is 2.84. The normalized spacial score (nSPS) is 21.9. The summed E-state index contributed by atoms with van der Waals surface area (Å²) in [6.07, 6.45) is 7.12. The van der Waals surface area contributed by atoms with Crippen molar-refractivity contribution in [3.8, 4) is 0 Å². The summed E-state index contributed by atoms with van der Waals surface area (Å²) in [6, 6.07) is 3.68. The Kier molecular flexibility index (Phi) is 4.74. The highest BCUT2D eigenvalue weighted by Gasteiger charge is 2.27. The fraction of sp³-hybridized carbons (Fsp3) is 0.611. The Morgan fingerprint density at radius 3 is 2.45 bits per heavy atom. The standard InChI is InChI=1S/C18H23F2NO/c19-16-9-15(10-17(20)11-16)8-14-6-7-21(12-14)18(22)5-4-13-2-1-3-13/h9-11,13-14H,1-8,12H2. The molecule has 1 saturated heterocycles. The van der Waals surface area contributed by atoms with Crippen LogP contribution in [0, 0.1) is 23.5 Å². The monoisotopic (exact) mass is 307 g/mol. The highest BCUT2D eigenvalue weighted by Crippen LogP contribution is 2.31. The fourth-order valence-corrected chi connectivity index (χ4v) is 3.56. The number of carbonyl (C=O) groups is 1. The van der Waals surface area contributed by atoms with Crippen LogP contribution in [0.5, 0.6) is 0 Å². The highest BCUT2D eigenvalue weighted by atomic mass is 19.1. The maximum atomic E-state index is 13.2. The molecule has 0 aromatic heterocycles. The van der Waals surface area contributed by atoms with Gasteiger partial charge in [-0.15, -0.1) is 0 Å². The molecule has 2 nitrogen and oxygen atoms in total. The number of hydrogen-bond acceptors (Lipinski definition) is 1. The summed E-state index contributed by atoms with van der Waals surface area (Å²) in [6.45, 7) is 1.51. The Hall–Kier alpha value is -1.45. The predicted molar refractivity (Wildman–Crippen MR) is 81.3 cm³/mol. The van der Waals surface area contributed by atoms with E-state index in [2.05, 4.69) is 0 Å². The number of hydrogen-bond donors (Lipinski definition) is 0.